The third-order valence-corrected chi connectivity index (χ3v) is 3.08. The Bertz CT molecular complexity index is 371. The number of nitrogens with zero attached hydrogens (tertiary/aromatic N) is 2. The number of hydrogen-bond acceptors (Lipinski definition) is 5. The molecule has 0 saturated heterocycles. The molecule has 0 aromatic carbocycles. The van der Waals surface area contributed by atoms with E-state index in [1.54, 1.807) is 7.11 Å². The van der Waals surface area contributed by atoms with Gasteiger partial charge in [-0.25, -0.2) is 9.97 Å². The lowest BCUT2D eigenvalue weighted by Crippen LogP contribution is -2.25. The van der Waals surface area contributed by atoms with Crippen LogP contribution >= 0.6 is 0 Å². The van der Waals surface area contributed by atoms with E-state index in [9.17, 15) is 0 Å². The molecule has 1 aromatic rings. The molecule has 0 unspecified atom stereocenters. The fourth-order valence-corrected chi connectivity index (χ4v) is 1.67. The van der Waals surface area contributed by atoms with Gasteiger partial charge in [0.25, 0.3) is 0 Å². The monoisotopic (exact) mass is 266 g/mol. The van der Waals surface area contributed by atoms with Gasteiger partial charge >= 0.3 is 0 Å². The maximum Gasteiger partial charge on any atom is 0.132 e. The number of aromatic nitrogens is 2. The first-order valence-electron chi connectivity index (χ1n) is 6.79. The zero-order chi connectivity index (χ0) is 14.3. The highest BCUT2D eigenvalue weighted by atomic mass is 16.5. The van der Waals surface area contributed by atoms with Crippen molar-refractivity contribution in [3.63, 3.8) is 0 Å². The van der Waals surface area contributed by atoms with E-state index in [4.69, 9.17) is 4.74 Å². The average molecular weight is 266 g/mol. The van der Waals surface area contributed by atoms with Gasteiger partial charge in [-0.3, -0.25) is 0 Å². The summed E-state index contributed by atoms with van der Waals surface area (Å²) in [6.07, 6.45) is 1.85. The Morgan fingerprint density at radius 2 is 1.95 bits per heavy atom. The van der Waals surface area contributed by atoms with Crippen LogP contribution in [0.2, 0.25) is 0 Å². The fourth-order valence-electron chi connectivity index (χ4n) is 1.67. The van der Waals surface area contributed by atoms with Crippen molar-refractivity contribution in [2.24, 2.45) is 5.41 Å². The minimum absolute atomic E-state index is 0.174. The van der Waals surface area contributed by atoms with Crippen molar-refractivity contribution < 1.29 is 4.74 Å². The number of rotatable bonds is 8. The number of nitrogens with one attached hydrogen (secondary N) is 2. The van der Waals surface area contributed by atoms with E-state index >= 15 is 0 Å². The second kappa shape index (κ2) is 7.28. The maximum absolute atomic E-state index is 5.14. The van der Waals surface area contributed by atoms with E-state index in [0.717, 1.165) is 43.5 Å². The Morgan fingerprint density at radius 1 is 1.26 bits per heavy atom. The summed E-state index contributed by atoms with van der Waals surface area (Å²) < 4.78 is 5.14. The Balaban J connectivity index is 2.66. The Kier molecular flexibility index (Phi) is 6.02. The van der Waals surface area contributed by atoms with Crippen LogP contribution in [0.3, 0.4) is 0 Å². The Hall–Kier alpha value is -1.36. The molecule has 1 heterocycles. The van der Waals surface area contributed by atoms with Crippen LogP contribution < -0.4 is 10.6 Å². The maximum atomic E-state index is 5.14. The number of anilines is 2. The van der Waals surface area contributed by atoms with E-state index in [1.807, 2.05) is 13.1 Å². The molecule has 0 saturated carbocycles. The van der Waals surface area contributed by atoms with Crippen LogP contribution in [0.4, 0.5) is 11.6 Å². The van der Waals surface area contributed by atoms with E-state index in [1.165, 1.54) is 0 Å². The van der Waals surface area contributed by atoms with E-state index in [2.05, 4.69) is 41.4 Å². The van der Waals surface area contributed by atoms with Gasteiger partial charge in [-0.1, -0.05) is 20.8 Å². The Morgan fingerprint density at radius 3 is 2.53 bits per heavy atom. The molecule has 0 aliphatic rings. The summed E-state index contributed by atoms with van der Waals surface area (Å²) >= 11 is 0. The zero-order valence-electron chi connectivity index (χ0n) is 12.7. The molecule has 0 bridgehead atoms. The quantitative estimate of drug-likeness (QED) is 0.757. The first kappa shape index (κ1) is 15.7. The lowest BCUT2D eigenvalue weighted by Gasteiger charge is -2.25. The topological polar surface area (TPSA) is 59.1 Å². The van der Waals surface area contributed by atoms with Gasteiger partial charge < -0.3 is 15.4 Å². The van der Waals surface area contributed by atoms with Crippen LogP contribution in [-0.4, -0.2) is 37.3 Å². The smallest absolute Gasteiger partial charge is 0.132 e. The first-order chi connectivity index (χ1) is 9.00. The van der Waals surface area contributed by atoms with Gasteiger partial charge in [0.05, 0.1) is 0 Å². The first-order valence-corrected chi connectivity index (χ1v) is 6.79. The Labute approximate surface area is 116 Å². The molecule has 0 atom stereocenters. The molecule has 0 amide bonds. The molecule has 19 heavy (non-hydrogen) atoms. The third kappa shape index (κ3) is 5.42. The highest BCUT2D eigenvalue weighted by Gasteiger charge is 2.17. The van der Waals surface area contributed by atoms with Crippen molar-refractivity contribution in [3.8, 4) is 0 Å². The zero-order valence-corrected chi connectivity index (χ0v) is 12.7. The van der Waals surface area contributed by atoms with Gasteiger partial charge in [0.2, 0.25) is 0 Å². The molecule has 0 radical (unpaired) electrons. The van der Waals surface area contributed by atoms with Gasteiger partial charge in [0.1, 0.15) is 17.5 Å². The van der Waals surface area contributed by atoms with E-state index < -0.39 is 0 Å². The lowest BCUT2D eigenvalue weighted by atomic mass is 9.90. The number of methoxy groups -OCH3 is 1. The number of aryl methyl sites for hydroxylation is 1. The van der Waals surface area contributed by atoms with Crippen LogP contribution in [0.25, 0.3) is 0 Å². The van der Waals surface area contributed by atoms with Gasteiger partial charge in [-0.15, -0.1) is 0 Å². The molecule has 2 N–H and O–H groups in total. The minimum atomic E-state index is 0.174. The summed E-state index contributed by atoms with van der Waals surface area (Å²) in [6, 6.07) is 1.94. The van der Waals surface area contributed by atoms with Crippen molar-refractivity contribution in [1.82, 2.24) is 9.97 Å². The molecule has 5 heteroatoms. The summed E-state index contributed by atoms with van der Waals surface area (Å²) in [4.78, 5) is 8.87. The van der Waals surface area contributed by atoms with Crippen molar-refractivity contribution in [2.45, 2.75) is 33.6 Å². The van der Waals surface area contributed by atoms with Crippen LogP contribution in [0.1, 0.15) is 33.0 Å². The molecule has 0 fully saturated rings. The molecule has 0 spiro atoms. The van der Waals surface area contributed by atoms with Gasteiger partial charge in [-0.2, -0.15) is 0 Å². The van der Waals surface area contributed by atoms with Crippen molar-refractivity contribution >= 4 is 11.6 Å². The summed E-state index contributed by atoms with van der Waals surface area (Å²) in [6.45, 7) is 8.14. The molecule has 5 nitrogen and oxygen atoms in total. The predicted octanol–water partition coefficient (Wildman–Crippen LogP) is 2.56. The summed E-state index contributed by atoms with van der Waals surface area (Å²) in [5.41, 5.74) is 0.174. The SMILES string of the molecule is CCc1nc(NC)cc(NCC(C)(C)CCOC)n1. The van der Waals surface area contributed by atoms with E-state index in [0.29, 0.717) is 0 Å². The van der Waals surface area contributed by atoms with Gasteiger partial charge in [-0.05, 0) is 11.8 Å². The highest BCUT2D eigenvalue weighted by molar-refractivity contribution is 5.47. The highest BCUT2D eigenvalue weighted by Crippen LogP contribution is 2.21. The average Bonchev–Trinajstić information content (AvgIpc) is 2.42. The summed E-state index contributed by atoms with van der Waals surface area (Å²) in [7, 11) is 3.61. The lowest BCUT2D eigenvalue weighted by molar-refractivity contribution is 0.157. The van der Waals surface area contributed by atoms with Gasteiger partial charge in [0.15, 0.2) is 0 Å². The molecule has 108 valence electrons. The summed E-state index contributed by atoms with van der Waals surface area (Å²) in [5.74, 6) is 2.58. The van der Waals surface area contributed by atoms with Crippen molar-refractivity contribution in [1.29, 1.82) is 0 Å². The van der Waals surface area contributed by atoms with Crippen LogP contribution in [0, 0.1) is 5.41 Å². The number of hydrogen-bond donors (Lipinski definition) is 2. The second-order valence-electron chi connectivity index (χ2n) is 5.42. The second-order valence-corrected chi connectivity index (χ2v) is 5.42. The van der Waals surface area contributed by atoms with E-state index in [-0.39, 0.29) is 5.41 Å². The molecular weight excluding hydrogens is 240 g/mol. The van der Waals surface area contributed by atoms with Crippen LogP contribution in [0.5, 0.6) is 0 Å². The summed E-state index contributed by atoms with van der Waals surface area (Å²) in [5, 5.41) is 6.46. The fraction of sp³-hybridized carbons (Fsp3) is 0.714. The molecule has 0 aliphatic heterocycles. The van der Waals surface area contributed by atoms with Crippen LogP contribution in [0.15, 0.2) is 6.07 Å². The number of ether oxygens (including phenoxy) is 1. The third-order valence-electron chi connectivity index (χ3n) is 3.08. The molecule has 0 aliphatic carbocycles. The standard InChI is InChI=1S/C14H26N4O/c1-6-11-17-12(15-4)9-13(18-11)16-10-14(2,3)7-8-19-5/h9H,6-8,10H2,1-5H3,(H2,15,16,17,18). The van der Waals surface area contributed by atoms with Crippen molar-refractivity contribution in [2.75, 3.05) is 37.9 Å². The largest absolute Gasteiger partial charge is 0.385 e. The predicted molar refractivity (Wildman–Crippen MR) is 79.7 cm³/mol. The molecule has 1 aromatic heterocycles. The normalized spacial score (nSPS) is 11.4. The van der Waals surface area contributed by atoms with Crippen LogP contribution in [-0.2, 0) is 11.2 Å². The molecule has 1 rings (SSSR count). The van der Waals surface area contributed by atoms with Gasteiger partial charge in [0, 0.05) is 39.8 Å². The minimum Gasteiger partial charge on any atom is -0.385 e. The van der Waals surface area contributed by atoms with Crippen molar-refractivity contribution in [3.05, 3.63) is 11.9 Å². The molecular formula is C14H26N4O.